The fourth-order valence-electron chi connectivity index (χ4n) is 4.81. The van der Waals surface area contributed by atoms with Crippen molar-refractivity contribution in [1.29, 1.82) is 0 Å². The summed E-state index contributed by atoms with van der Waals surface area (Å²) in [6.45, 7) is 7.48. The lowest BCUT2D eigenvalue weighted by Crippen LogP contribution is -2.44. The highest BCUT2D eigenvalue weighted by Gasteiger charge is 2.28. The summed E-state index contributed by atoms with van der Waals surface area (Å²) in [6, 6.07) is 8.16. The van der Waals surface area contributed by atoms with Crippen LogP contribution in [0.3, 0.4) is 0 Å². The first kappa shape index (κ1) is 16.4. The molecule has 1 saturated heterocycles. The van der Waals surface area contributed by atoms with Crippen molar-refractivity contribution in [2.45, 2.75) is 51.0 Å². The Kier molecular flexibility index (Phi) is 5.09. The summed E-state index contributed by atoms with van der Waals surface area (Å²) in [4.78, 5) is 7.78. The van der Waals surface area contributed by atoms with Crippen molar-refractivity contribution in [2.24, 2.45) is 0 Å². The van der Waals surface area contributed by atoms with Crippen molar-refractivity contribution in [1.82, 2.24) is 9.80 Å². The molecular weight excluding hydrogens is 294 g/mol. The maximum absolute atomic E-state index is 2.70. The second kappa shape index (κ2) is 7.45. The third-order valence-corrected chi connectivity index (χ3v) is 6.38. The van der Waals surface area contributed by atoms with E-state index in [0.717, 1.165) is 6.04 Å². The molecule has 0 amide bonds. The fourth-order valence-corrected chi connectivity index (χ4v) is 4.81. The van der Waals surface area contributed by atoms with Gasteiger partial charge in [0, 0.05) is 44.5 Å². The van der Waals surface area contributed by atoms with E-state index in [1.165, 1.54) is 84.2 Å². The first-order chi connectivity index (χ1) is 11.8. The molecule has 2 fully saturated rings. The minimum atomic E-state index is 0.828. The van der Waals surface area contributed by atoms with Crippen LogP contribution >= 0.6 is 0 Å². The Balaban J connectivity index is 1.30. The molecule has 132 valence electrons. The number of nitrogens with zero attached hydrogens (tertiary/aromatic N) is 3. The van der Waals surface area contributed by atoms with Crippen molar-refractivity contribution in [2.75, 3.05) is 51.2 Å². The third-order valence-electron chi connectivity index (χ3n) is 6.38. The van der Waals surface area contributed by atoms with Crippen LogP contribution in [0.4, 0.5) is 5.69 Å². The van der Waals surface area contributed by atoms with Crippen LogP contribution in [-0.4, -0.2) is 62.2 Å². The van der Waals surface area contributed by atoms with Crippen LogP contribution in [-0.2, 0) is 12.8 Å². The molecule has 4 rings (SSSR count). The standard InChI is InChI=1S/C21H33N3/c1-22-13-15-23(16-14-22)11-4-5-18-8-9-21-19(17-18)10-12-24(21)20-6-2-3-7-20/h8-9,17,20H,2-7,10-16H2,1H3. The monoisotopic (exact) mass is 327 g/mol. The van der Waals surface area contributed by atoms with E-state index in [0.29, 0.717) is 0 Å². The van der Waals surface area contributed by atoms with Crippen LogP contribution in [0, 0.1) is 0 Å². The van der Waals surface area contributed by atoms with Crippen LogP contribution < -0.4 is 4.90 Å². The molecule has 0 aromatic heterocycles. The molecular formula is C21H33N3. The number of aryl methyl sites for hydroxylation is 1. The zero-order valence-corrected chi connectivity index (χ0v) is 15.3. The molecule has 0 N–H and O–H groups in total. The van der Waals surface area contributed by atoms with E-state index >= 15 is 0 Å². The number of fused-ring (bicyclic) bond motifs is 1. The molecule has 0 spiro atoms. The van der Waals surface area contributed by atoms with Gasteiger partial charge < -0.3 is 14.7 Å². The quantitative estimate of drug-likeness (QED) is 0.822. The van der Waals surface area contributed by atoms with Gasteiger partial charge in [0.25, 0.3) is 0 Å². The predicted octanol–water partition coefficient (Wildman–Crippen LogP) is 3.17. The molecule has 0 bridgehead atoms. The van der Waals surface area contributed by atoms with E-state index in [1.807, 2.05) is 0 Å². The molecule has 1 aliphatic carbocycles. The van der Waals surface area contributed by atoms with Gasteiger partial charge >= 0.3 is 0 Å². The van der Waals surface area contributed by atoms with Gasteiger partial charge in [0.15, 0.2) is 0 Å². The SMILES string of the molecule is CN1CCN(CCCc2ccc3c(c2)CCN3C2CCCC2)CC1. The number of likely N-dealkylation sites (N-methyl/N-ethyl adjacent to an activating group) is 1. The Morgan fingerprint density at radius 1 is 1.00 bits per heavy atom. The summed E-state index contributed by atoms with van der Waals surface area (Å²) in [5.41, 5.74) is 4.71. The second-order valence-electron chi connectivity index (χ2n) is 8.09. The topological polar surface area (TPSA) is 9.72 Å². The van der Waals surface area contributed by atoms with Gasteiger partial charge in [-0.15, -0.1) is 0 Å². The maximum Gasteiger partial charge on any atom is 0.0402 e. The smallest absolute Gasteiger partial charge is 0.0402 e. The Morgan fingerprint density at radius 2 is 1.79 bits per heavy atom. The average molecular weight is 328 g/mol. The highest BCUT2D eigenvalue weighted by Crippen LogP contribution is 2.35. The molecule has 2 aliphatic heterocycles. The van der Waals surface area contributed by atoms with Gasteiger partial charge in [0.05, 0.1) is 0 Å². The van der Waals surface area contributed by atoms with E-state index in [9.17, 15) is 0 Å². The van der Waals surface area contributed by atoms with Gasteiger partial charge in [-0.2, -0.15) is 0 Å². The van der Waals surface area contributed by atoms with Crippen molar-refractivity contribution in [3.8, 4) is 0 Å². The lowest BCUT2D eigenvalue weighted by Gasteiger charge is -2.32. The fraction of sp³-hybridized carbons (Fsp3) is 0.714. The van der Waals surface area contributed by atoms with Gasteiger partial charge in [0.2, 0.25) is 0 Å². The minimum Gasteiger partial charge on any atom is -0.368 e. The molecule has 0 atom stereocenters. The second-order valence-corrected chi connectivity index (χ2v) is 8.09. The van der Waals surface area contributed by atoms with Crippen molar-refractivity contribution < 1.29 is 0 Å². The number of benzene rings is 1. The molecule has 0 unspecified atom stereocenters. The predicted molar refractivity (Wildman–Crippen MR) is 102 cm³/mol. The molecule has 2 heterocycles. The first-order valence-corrected chi connectivity index (χ1v) is 10.1. The summed E-state index contributed by atoms with van der Waals surface area (Å²) in [5.74, 6) is 0. The van der Waals surface area contributed by atoms with Gasteiger partial charge in [-0.25, -0.2) is 0 Å². The minimum absolute atomic E-state index is 0.828. The number of hydrogen-bond acceptors (Lipinski definition) is 3. The lowest BCUT2D eigenvalue weighted by molar-refractivity contribution is 0.153. The highest BCUT2D eigenvalue weighted by atomic mass is 15.2. The van der Waals surface area contributed by atoms with E-state index in [2.05, 4.69) is 39.9 Å². The van der Waals surface area contributed by atoms with Crippen molar-refractivity contribution >= 4 is 5.69 Å². The number of hydrogen-bond donors (Lipinski definition) is 0. The zero-order chi connectivity index (χ0) is 16.4. The molecule has 24 heavy (non-hydrogen) atoms. The molecule has 3 heteroatoms. The molecule has 1 saturated carbocycles. The van der Waals surface area contributed by atoms with Gasteiger partial charge in [-0.05, 0) is 62.9 Å². The number of piperazine rings is 1. The average Bonchev–Trinajstić information content (AvgIpc) is 3.25. The molecule has 0 radical (unpaired) electrons. The highest BCUT2D eigenvalue weighted by molar-refractivity contribution is 5.60. The molecule has 3 aliphatic rings. The van der Waals surface area contributed by atoms with E-state index < -0.39 is 0 Å². The van der Waals surface area contributed by atoms with Crippen LogP contribution in [0.1, 0.15) is 43.2 Å². The van der Waals surface area contributed by atoms with Gasteiger partial charge in [-0.1, -0.05) is 25.0 Å². The lowest BCUT2D eigenvalue weighted by atomic mass is 10.0. The zero-order valence-electron chi connectivity index (χ0n) is 15.3. The molecule has 3 nitrogen and oxygen atoms in total. The Hall–Kier alpha value is -1.06. The van der Waals surface area contributed by atoms with E-state index in [1.54, 1.807) is 16.8 Å². The Morgan fingerprint density at radius 3 is 2.58 bits per heavy atom. The van der Waals surface area contributed by atoms with E-state index in [4.69, 9.17) is 0 Å². The Bertz CT molecular complexity index is 542. The van der Waals surface area contributed by atoms with Crippen LogP contribution in [0.2, 0.25) is 0 Å². The van der Waals surface area contributed by atoms with Gasteiger partial charge in [-0.3, -0.25) is 0 Å². The number of anilines is 1. The normalized spacial score (nSPS) is 23.1. The largest absolute Gasteiger partial charge is 0.368 e. The van der Waals surface area contributed by atoms with Crippen molar-refractivity contribution in [3.63, 3.8) is 0 Å². The maximum atomic E-state index is 2.70. The summed E-state index contributed by atoms with van der Waals surface area (Å²) in [5, 5.41) is 0. The van der Waals surface area contributed by atoms with Crippen LogP contribution in [0.5, 0.6) is 0 Å². The van der Waals surface area contributed by atoms with E-state index in [-0.39, 0.29) is 0 Å². The van der Waals surface area contributed by atoms with Crippen molar-refractivity contribution in [3.05, 3.63) is 29.3 Å². The first-order valence-electron chi connectivity index (χ1n) is 10.1. The molecule has 1 aromatic rings. The van der Waals surface area contributed by atoms with Crippen LogP contribution in [0.25, 0.3) is 0 Å². The van der Waals surface area contributed by atoms with Crippen LogP contribution in [0.15, 0.2) is 18.2 Å². The third kappa shape index (κ3) is 3.62. The summed E-state index contributed by atoms with van der Waals surface area (Å²) >= 11 is 0. The molecule has 1 aromatic carbocycles. The number of rotatable bonds is 5. The summed E-state index contributed by atoms with van der Waals surface area (Å²) < 4.78 is 0. The Labute approximate surface area is 147 Å². The summed E-state index contributed by atoms with van der Waals surface area (Å²) in [7, 11) is 2.23. The van der Waals surface area contributed by atoms with Gasteiger partial charge in [0.1, 0.15) is 0 Å². The summed E-state index contributed by atoms with van der Waals surface area (Å²) in [6.07, 6.45) is 9.48.